The molecule has 0 spiro atoms. The van der Waals surface area contributed by atoms with Crippen molar-refractivity contribution in [1.82, 2.24) is 24.6 Å². The normalized spacial score (nSPS) is 15.4. The molecule has 3 aromatic rings. The van der Waals surface area contributed by atoms with Gasteiger partial charge in [-0.3, -0.25) is 4.79 Å². The molecule has 1 fully saturated rings. The summed E-state index contributed by atoms with van der Waals surface area (Å²) in [4.78, 5) is 26.1. The molecule has 0 aromatic carbocycles. The first kappa shape index (κ1) is 24.0. The van der Waals surface area contributed by atoms with Gasteiger partial charge in [-0.05, 0) is 44.4 Å². The molecule has 0 N–H and O–H groups in total. The van der Waals surface area contributed by atoms with E-state index in [1.807, 2.05) is 43.3 Å². The Kier molecular flexibility index (Phi) is 6.51. The number of amides is 1. The van der Waals surface area contributed by atoms with Crippen LogP contribution >= 0.6 is 0 Å². The molecule has 1 aliphatic heterocycles. The van der Waals surface area contributed by atoms with E-state index in [1.165, 1.54) is 6.07 Å². The summed E-state index contributed by atoms with van der Waals surface area (Å²) >= 11 is 0. The van der Waals surface area contributed by atoms with Gasteiger partial charge in [-0.25, -0.2) is 14.6 Å². The lowest BCUT2D eigenvalue weighted by Crippen LogP contribution is -2.35. The Labute approximate surface area is 196 Å². The van der Waals surface area contributed by atoms with Gasteiger partial charge in [-0.15, -0.1) is 0 Å². The number of alkyl halides is 3. The minimum absolute atomic E-state index is 0.0835. The van der Waals surface area contributed by atoms with Crippen molar-refractivity contribution in [3.63, 3.8) is 0 Å². The summed E-state index contributed by atoms with van der Waals surface area (Å²) in [5, 5.41) is 5.20. The first-order valence-corrected chi connectivity index (χ1v) is 11.5. The van der Waals surface area contributed by atoms with Gasteiger partial charge in [0.25, 0.3) is 5.91 Å². The van der Waals surface area contributed by atoms with Gasteiger partial charge in [-0.2, -0.15) is 18.3 Å². The highest BCUT2D eigenvalue weighted by Gasteiger charge is 2.31. The molecule has 0 atom stereocenters. The summed E-state index contributed by atoms with van der Waals surface area (Å²) in [6.45, 7) is 10.2. The summed E-state index contributed by atoms with van der Waals surface area (Å²) in [7, 11) is 0. The van der Waals surface area contributed by atoms with Crippen molar-refractivity contribution >= 4 is 22.8 Å². The minimum atomic E-state index is -4.42. The molecule has 182 valence electrons. The van der Waals surface area contributed by atoms with Gasteiger partial charge in [0.1, 0.15) is 5.82 Å². The van der Waals surface area contributed by atoms with E-state index in [0.717, 1.165) is 23.3 Å². The highest BCUT2D eigenvalue weighted by molar-refractivity contribution is 6.05. The molecule has 34 heavy (non-hydrogen) atoms. The quantitative estimate of drug-likeness (QED) is 0.538. The van der Waals surface area contributed by atoms with Crippen molar-refractivity contribution in [2.45, 2.75) is 52.3 Å². The number of aromatic nitrogens is 4. The van der Waals surface area contributed by atoms with Crippen LogP contribution in [0.4, 0.5) is 19.0 Å². The lowest BCUT2D eigenvalue weighted by atomic mass is 10.0. The second kappa shape index (κ2) is 9.23. The molecule has 0 aliphatic carbocycles. The summed E-state index contributed by atoms with van der Waals surface area (Å²) in [5.41, 5.74) is 1.35. The highest BCUT2D eigenvalue weighted by atomic mass is 19.4. The number of halogens is 3. The molecule has 1 amide bonds. The Bertz CT molecular complexity index is 1170. The monoisotopic (exact) mass is 474 g/mol. The smallest absolute Gasteiger partial charge is 0.355 e. The molecule has 4 heterocycles. The molecule has 0 radical (unpaired) electrons. The van der Waals surface area contributed by atoms with Crippen LogP contribution in [0.5, 0.6) is 0 Å². The zero-order valence-corrected chi connectivity index (χ0v) is 19.8. The molecule has 3 aromatic heterocycles. The van der Waals surface area contributed by atoms with Crippen molar-refractivity contribution in [1.29, 1.82) is 0 Å². The Hall–Kier alpha value is -3.17. The SMILES string of the molecule is CC(C)c1cc(C(=O)N2CCCN(c3ccc(C(F)(F)F)cn3)CC2)c2cnn(C(C)C)c2n1. The lowest BCUT2D eigenvalue weighted by Gasteiger charge is -2.23. The van der Waals surface area contributed by atoms with Crippen LogP contribution in [0.2, 0.25) is 0 Å². The number of anilines is 1. The van der Waals surface area contributed by atoms with Gasteiger partial charge >= 0.3 is 6.18 Å². The second-order valence-corrected chi connectivity index (χ2v) is 9.21. The van der Waals surface area contributed by atoms with Gasteiger partial charge in [0, 0.05) is 44.1 Å². The van der Waals surface area contributed by atoms with E-state index in [1.54, 1.807) is 11.1 Å². The topological polar surface area (TPSA) is 67.2 Å². The third kappa shape index (κ3) is 4.71. The largest absolute Gasteiger partial charge is 0.417 e. The fraction of sp³-hybridized carbons (Fsp3) is 0.500. The molecule has 0 saturated carbocycles. The van der Waals surface area contributed by atoms with Crippen molar-refractivity contribution in [3.05, 3.63) is 47.4 Å². The van der Waals surface area contributed by atoms with Crippen LogP contribution in [0, 0.1) is 0 Å². The maximum atomic E-state index is 13.6. The number of carbonyl (C=O) groups is 1. The third-order valence-corrected chi connectivity index (χ3v) is 6.08. The van der Waals surface area contributed by atoms with Gasteiger partial charge in [0.05, 0.1) is 22.7 Å². The van der Waals surface area contributed by atoms with Gasteiger partial charge in [-0.1, -0.05) is 13.8 Å². The molecular formula is C24H29F3N6O. The fourth-order valence-corrected chi connectivity index (χ4v) is 4.15. The molecule has 0 bridgehead atoms. The average Bonchev–Trinajstić information content (AvgIpc) is 3.07. The number of pyridine rings is 2. The van der Waals surface area contributed by atoms with E-state index in [0.29, 0.717) is 49.6 Å². The predicted octanol–water partition coefficient (Wildman–Crippen LogP) is 4.90. The molecule has 0 unspecified atom stereocenters. The molecule has 1 saturated heterocycles. The zero-order valence-electron chi connectivity index (χ0n) is 19.8. The number of hydrogen-bond acceptors (Lipinski definition) is 5. The Morgan fingerprint density at radius 2 is 1.79 bits per heavy atom. The maximum absolute atomic E-state index is 13.6. The Morgan fingerprint density at radius 1 is 1.03 bits per heavy atom. The van der Waals surface area contributed by atoms with E-state index in [9.17, 15) is 18.0 Å². The Morgan fingerprint density at radius 3 is 2.41 bits per heavy atom. The first-order chi connectivity index (χ1) is 16.1. The van der Waals surface area contributed by atoms with Crippen molar-refractivity contribution in [2.24, 2.45) is 0 Å². The number of rotatable bonds is 4. The lowest BCUT2D eigenvalue weighted by molar-refractivity contribution is -0.137. The minimum Gasteiger partial charge on any atom is -0.355 e. The number of hydrogen-bond donors (Lipinski definition) is 0. The van der Waals surface area contributed by atoms with E-state index < -0.39 is 11.7 Å². The average molecular weight is 475 g/mol. The predicted molar refractivity (Wildman–Crippen MR) is 124 cm³/mol. The summed E-state index contributed by atoms with van der Waals surface area (Å²) in [5.74, 6) is 0.547. The van der Waals surface area contributed by atoms with Crippen LogP contribution in [0.1, 0.15) is 67.7 Å². The molecule has 1 aliphatic rings. The maximum Gasteiger partial charge on any atom is 0.417 e. The van der Waals surface area contributed by atoms with Gasteiger partial charge < -0.3 is 9.80 Å². The van der Waals surface area contributed by atoms with Crippen LogP contribution in [0.3, 0.4) is 0 Å². The van der Waals surface area contributed by atoms with E-state index in [4.69, 9.17) is 4.98 Å². The van der Waals surface area contributed by atoms with Crippen LogP contribution < -0.4 is 4.90 Å². The fourth-order valence-electron chi connectivity index (χ4n) is 4.15. The van der Waals surface area contributed by atoms with Crippen LogP contribution in [-0.2, 0) is 6.18 Å². The molecular weight excluding hydrogens is 445 g/mol. The molecule has 4 rings (SSSR count). The van der Waals surface area contributed by atoms with Crippen LogP contribution in [0.25, 0.3) is 11.0 Å². The molecule has 7 nitrogen and oxygen atoms in total. The summed E-state index contributed by atoms with van der Waals surface area (Å²) in [6.07, 6.45) is -1.17. The molecule has 10 heteroatoms. The van der Waals surface area contributed by atoms with E-state index in [2.05, 4.69) is 10.1 Å². The van der Waals surface area contributed by atoms with Gasteiger partial charge in [0.15, 0.2) is 5.65 Å². The second-order valence-electron chi connectivity index (χ2n) is 9.21. The zero-order chi connectivity index (χ0) is 24.6. The summed E-state index contributed by atoms with van der Waals surface area (Å²) in [6, 6.07) is 4.41. The van der Waals surface area contributed by atoms with E-state index >= 15 is 0 Å². The highest BCUT2D eigenvalue weighted by Crippen LogP contribution is 2.30. The van der Waals surface area contributed by atoms with Crippen LogP contribution in [0.15, 0.2) is 30.6 Å². The van der Waals surface area contributed by atoms with Crippen molar-refractivity contribution in [3.8, 4) is 0 Å². The Balaban J connectivity index is 1.57. The first-order valence-electron chi connectivity index (χ1n) is 11.5. The van der Waals surface area contributed by atoms with E-state index in [-0.39, 0.29) is 17.9 Å². The third-order valence-electron chi connectivity index (χ3n) is 6.08. The standard InChI is InChI=1S/C24H29F3N6O/c1-15(2)20-12-18(19-14-29-33(16(3)4)22(19)30-20)23(34)32-9-5-8-31(10-11-32)21-7-6-17(13-28-21)24(25,26)27/h6-7,12-16H,5,8-11H2,1-4H3. The number of fused-ring (bicyclic) bond motifs is 1. The number of carbonyl (C=O) groups excluding carboxylic acids is 1. The van der Waals surface area contributed by atoms with Crippen molar-refractivity contribution in [2.75, 3.05) is 31.1 Å². The van der Waals surface area contributed by atoms with Crippen LogP contribution in [-0.4, -0.2) is 56.7 Å². The van der Waals surface area contributed by atoms with Gasteiger partial charge in [0.2, 0.25) is 0 Å². The van der Waals surface area contributed by atoms with Crippen molar-refractivity contribution < 1.29 is 18.0 Å². The summed E-state index contributed by atoms with van der Waals surface area (Å²) < 4.78 is 40.4. The number of nitrogens with zero attached hydrogens (tertiary/aromatic N) is 6.